The second-order valence-corrected chi connectivity index (χ2v) is 3.99. The summed E-state index contributed by atoms with van der Waals surface area (Å²) >= 11 is 0. The van der Waals surface area contributed by atoms with Crippen LogP contribution in [0.1, 0.15) is 19.3 Å². The quantitative estimate of drug-likeness (QED) is 0.604. The monoisotopic (exact) mass is 228 g/mol. The highest BCUT2D eigenvalue weighted by molar-refractivity contribution is 5.86. The largest absolute Gasteiger partial charge is 0.481 e. The topological polar surface area (TPSA) is 86.7 Å². The number of amides is 1. The lowest BCUT2D eigenvalue weighted by Gasteiger charge is -2.20. The van der Waals surface area contributed by atoms with Gasteiger partial charge in [0.25, 0.3) is 0 Å². The number of likely N-dealkylation sites (N-methyl/N-ethyl adjacent to an activating group) is 1. The number of hydrogen-bond donors (Lipinski definition) is 2. The highest BCUT2D eigenvalue weighted by atomic mass is 16.4. The number of carboxylic acid groups (broad SMARTS) is 1. The molecule has 6 nitrogen and oxygen atoms in total. The Balaban J connectivity index is 2.48. The summed E-state index contributed by atoms with van der Waals surface area (Å²) in [4.78, 5) is 34.6. The van der Waals surface area contributed by atoms with Crippen LogP contribution in [0.25, 0.3) is 0 Å². The van der Waals surface area contributed by atoms with Crippen molar-refractivity contribution < 1.29 is 19.5 Å². The highest BCUT2D eigenvalue weighted by Gasteiger charge is 2.29. The van der Waals surface area contributed by atoms with Crippen LogP contribution in [0.5, 0.6) is 0 Å². The molecule has 0 aromatic heterocycles. The maximum atomic E-state index is 11.7. The van der Waals surface area contributed by atoms with Crippen LogP contribution in [0.4, 0.5) is 0 Å². The number of likely N-dealkylation sites (tertiary alicyclic amines) is 1. The van der Waals surface area contributed by atoms with Gasteiger partial charge in [0, 0.05) is 0 Å². The average molecular weight is 228 g/mol. The maximum absolute atomic E-state index is 11.7. The van der Waals surface area contributed by atoms with Crippen LogP contribution in [0.3, 0.4) is 0 Å². The van der Waals surface area contributed by atoms with Crippen LogP contribution in [-0.4, -0.2) is 53.8 Å². The van der Waals surface area contributed by atoms with Gasteiger partial charge in [-0.1, -0.05) is 0 Å². The van der Waals surface area contributed by atoms with Gasteiger partial charge in [-0.2, -0.15) is 0 Å². The molecule has 1 amide bonds. The first-order valence-corrected chi connectivity index (χ1v) is 5.22. The van der Waals surface area contributed by atoms with E-state index in [-0.39, 0.29) is 18.4 Å². The van der Waals surface area contributed by atoms with Gasteiger partial charge >= 0.3 is 5.97 Å². The van der Waals surface area contributed by atoms with Crippen LogP contribution < -0.4 is 5.32 Å². The first-order chi connectivity index (χ1) is 7.54. The molecule has 2 N–H and O–H groups in total. The Hall–Kier alpha value is -1.43. The molecule has 0 aromatic carbocycles. The summed E-state index contributed by atoms with van der Waals surface area (Å²) < 4.78 is 0. The molecule has 1 saturated heterocycles. The number of carboxylic acids is 1. The highest BCUT2D eigenvalue weighted by Crippen LogP contribution is 2.14. The van der Waals surface area contributed by atoms with E-state index in [9.17, 15) is 14.4 Å². The molecule has 1 aliphatic rings. The minimum atomic E-state index is -1.10. The third-order valence-corrected chi connectivity index (χ3v) is 2.71. The lowest BCUT2D eigenvalue weighted by atomic mass is 10.1. The fourth-order valence-electron chi connectivity index (χ4n) is 1.84. The Morgan fingerprint density at radius 1 is 1.62 bits per heavy atom. The number of rotatable bonds is 5. The molecule has 6 heteroatoms. The van der Waals surface area contributed by atoms with Gasteiger partial charge in [-0.15, -0.1) is 0 Å². The summed E-state index contributed by atoms with van der Waals surface area (Å²) in [6.45, 7) is 0.850. The molecule has 2 unspecified atom stereocenters. The lowest BCUT2D eigenvalue weighted by molar-refractivity contribution is -0.139. The van der Waals surface area contributed by atoms with Crippen molar-refractivity contribution in [2.75, 3.05) is 13.6 Å². The molecule has 90 valence electrons. The van der Waals surface area contributed by atoms with Crippen molar-refractivity contribution in [1.29, 1.82) is 0 Å². The van der Waals surface area contributed by atoms with Crippen molar-refractivity contribution in [3.63, 3.8) is 0 Å². The predicted octanol–water partition coefficient (Wildman–Crippen LogP) is -0.761. The normalized spacial score (nSPS) is 22.7. The molecule has 1 aliphatic heterocycles. The first-order valence-electron chi connectivity index (χ1n) is 5.22. The molecule has 1 rings (SSSR count). The van der Waals surface area contributed by atoms with Gasteiger partial charge < -0.3 is 15.2 Å². The molecule has 1 heterocycles. The van der Waals surface area contributed by atoms with Gasteiger partial charge in [0.05, 0.1) is 18.5 Å². The first kappa shape index (κ1) is 12.6. The van der Waals surface area contributed by atoms with Gasteiger partial charge in [0.1, 0.15) is 6.29 Å². The molecule has 0 aliphatic carbocycles. The fourth-order valence-corrected chi connectivity index (χ4v) is 1.84. The summed E-state index contributed by atoms with van der Waals surface area (Å²) in [6.07, 6.45) is 1.78. The SMILES string of the molecule is CN1CCCC1C(=O)NC(C=O)CC(=O)O. The zero-order valence-electron chi connectivity index (χ0n) is 9.18. The Morgan fingerprint density at radius 3 is 2.75 bits per heavy atom. The Kier molecular flexibility index (Phi) is 4.42. The molecular formula is C10H16N2O4. The summed E-state index contributed by atoms with van der Waals surface area (Å²) in [6, 6.07) is -1.17. The third-order valence-electron chi connectivity index (χ3n) is 2.71. The second kappa shape index (κ2) is 5.60. The molecule has 0 saturated carbocycles. The van der Waals surface area contributed by atoms with Crippen LogP contribution in [0.15, 0.2) is 0 Å². The van der Waals surface area contributed by atoms with Gasteiger partial charge in [-0.25, -0.2) is 0 Å². The Bertz CT molecular complexity index is 293. The number of carbonyl (C=O) groups is 3. The lowest BCUT2D eigenvalue weighted by Crippen LogP contribution is -2.47. The van der Waals surface area contributed by atoms with Gasteiger partial charge in [-0.3, -0.25) is 14.5 Å². The van der Waals surface area contributed by atoms with E-state index in [1.807, 2.05) is 11.9 Å². The average Bonchev–Trinajstić information content (AvgIpc) is 2.62. The summed E-state index contributed by atoms with van der Waals surface area (Å²) in [5, 5.41) is 11.0. The molecule has 2 atom stereocenters. The van der Waals surface area contributed by atoms with E-state index in [1.54, 1.807) is 0 Å². The van der Waals surface area contributed by atoms with Crippen LogP contribution in [0, 0.1) is 0 Å². The summed E-state index contributed by atoms with van der Waals surface area (Å²) in [5.41, 5.74) is 0. The standard InChI is InChI=1S/C10H16N2O4/c1-12-4-2-3-8(12)10(16)11-7(6-13)5-9(14)15/h6-8H,2-5H2,1H3,(H,11,16)(H,14,15). The number of hydrogen-bond acceptors (Lipinski definition) is 4. The Morgan fingerprint density at radius 2 is 2.31 bits per heavy atom. The van der Waals surface area contributed by atoms with Crippen LogP contribution in [0.2, 0.25) is 0 Å². The van der Waals surface area contributed by atoms with Gasteiger partial charge in [-0.05, 0) is 26.4 Å². The van der Waals surface area contributed by atoms with Crippen molar-refractivity contribution in [3.05, 3.63) is 0 Å². The predicted molar refractivity (Wildman–Crippen MR) is 55.9 cm³/mol. The zero-order valence-corrected chi connectivity index (χ0v) is 9.18. The number of nitrogens with one attached hydrogen (secondary N) is 1. The van der Waals surface area contributed by atoms with Crippen molar-refractivity contribution in [2.24, 2.45) is 0 Å². The van der Waals surface area contributed by atoms with E-state index in [0.29, 0.717) is 6.29 Å². The smallest absolute Gasteiger partial charge is 0.305 e. The number of aldehydes is 1. The molecule has 0 bridgehead atoms. The van der Waals surface area contributed by atoms with E-state index in [4.69, 9.17) is 5.11 Å². The molecule has 0 spiro atoms. The second-order valence-electron chi connectivity index (χ2n) is 3.99. The van der Waals surface area contributed by atoms with Crippen LogP contribution >= 0.6 is 0 Å². The Labute approximate surface area is 93.6 Å². The summed E-state index contributed by atoms with van der Waals surface area (Å²) in [7, 11) is 1.84. The maximum Gasteiger partial charge on any atom is 0.305 e. The fraction of sp³-hybridized carbons (Fsp3) is 0.700. The zero-order chi connectivity index (χ0) is 12.1. The minimum Gasteiger partial charge on any atom is -0.481 e. The van der Waals surface area contributed by atoms with Crippen molar-refractivity contribution in [1.82, 2.24) is 10.2 Å². The molecule has 1 fully saturated rings. The van der Waals surface area contributed by atoms with E-state index in [2.05, 4.69) is 5.32 Å². The number of aliphatic carboxylic acids is 1. The van der Waals surface area contributed by atoms with E-state index >= 15 is 0 Å². The van der Waals surface area contributed by atoms with Crippen molar-refractivity contribution in [3.8, 4) is 0 Å². The van der Waals surface area contributed by atoms with Crippen molar-refractivity contribution >= 4 is 18.2 Å². The van der Waals surface area contributed by atoms with Gasteiger partial charge in [0.2, 0.25) is 5.91 Å². The van der Waals surface area contributed by atoms with Gasteiger partial charge in [0.15, 0.2) is 0 Å². The van der Waals surface area contributed by atoms with E-state index in [1.165, 1.54) is 0 Å². The molecular weight excluding hydrogens is 212 g/mol. The van der Waals surface area contributed by atoms with E-state index in [0.717, 1.165) is 19.4 Å². The number of nitrogens with zero attached hydrogens (tertiary/aromatic N) is 1. The summed E-state index contributed by atoms with van der Waals surface area (Å²) in [5.74, 6) is -1.37. The van der Waals surface area contributed by atoms with E-state index < -0.39 is 12.0 Å². The minimum absolute atomic E-state index is 0.240. The molecule has 16 heavy (non-hydrogen) atoms. The number of carbonyl (C=O) groups excluding carboxylic acids is 2. The third kappa shape index (κ3) is 3.30. The molecule has 0 radical (unpaired) electrons. The van der Waals surface area contributed by atoms with Crippen molar-refractivity contribution in [2.45, 2.75) is 31.3 Å². The molecule has 0 aromatic rings. The van der Waals surface area contributed by atoms with Crippen LogP contribution in [-0.2, 0) is 14.4 Å².